The van der Waals surface area contributed by atoms with Gasteiger partial charge in [0.1, 0.15) is 18.1 Å². The van der Waals surface area contributed by atoms with Gasteiger partial charge in [0.15, 0.2) is 5.96 Å². The van der Waals surface area contributed by atoms with E-state index in [-0.39, 0.29) is 31.1 Å². The van der Waals surface area contributed by atoms with E-state index in [4.69, 9.17) is 22.9 Å². The number of H-pyrrole nitrogens is 1. The summed E-state index contributed by atoms with van der Waals surface area (Å²) in [4.78, 5) is 68.4. The molecule has 4 amide bonds. The second-order valence-corrected chi connectivity index (χ2v) is 9.36. The van der Waals surface area contributed by atoms with Crippen molar-refractivity contribution in [2.24, 2.45) is 27.9 Å². The number of carbonyl (C=O) groups is 5. The molecule has 13 N–H and O–H groups in total. The number of carboxylic acids is 1. The number of aliphatic imine (C=N–C) groups is 1. The van der Waals surface area contributed by atoms with Crippen LogP contribution >= 0.6 is 12.6 Å². The van der Waals surface area contributed by atoms with Crippen molar-refractivity contribution in [1.82, 2.24) is 20.9 Å². The zero-order chi connectivity index (χ0) is 29.8. The summed E-state index contributed by atoms with van der Waals surface area (Å²) in [6.07, 6.45) is 1.76. The summed E-state index contributed by atoms with van der Waals surface area (Å²) in [5.41, 5.74) is 23.2. The fourth-order valence-corrected chi connectivity index (χ4v) is 4.06. The summed E-state index contributed by atoms with van der Waals surface area (Å²) >= 11 is 4.09. The number of nitrogens with one attached hydrogen (secondary N) is 4. The van der Waals surface area contributed by atoms with Gasteiger partial charge < -0.3 is 49.0 Å². The highest BCUT2D eigenvalue weighted by Crippen LogP contribution is 2.19. The molecule has 0 radical (unpaired) electrons. The van der Waals surface area contributed by atoms with E-state index in [1.807, 2.05) is 24.3 Å². The van der Waals surface area contributed by atoms with Crippen molar-refractivity contribution in [2.75, 3.05) is 12.3 Å². The quantitative estimate of drug-likeness (QED) is 0.0434. The Morgan fingerprint density at radius 3 is 2.20 bits per heavy atom. The molecule has 0 spiro atoms. The molecule has 0 saturated heterocycles. The molecule has 2 rings (SSSR count). The van der Waals surface area contributed by atoms with Crippen LogP contribution < -0.4 is 38.9 Å². The van der Waals surface area contributed by atoms with Crippen LogP contribution in [0.15, 0.2) is 35.5 Å². The van der Waals surface area contributed by atoms with E-state index in [1.165, 1.54) is 0 Å². The Morgan fingerprint density at radius 2 is 1.57 bits per heavy atom. The van der Waals surface area contributed by atoms with Crippen LogP contribution in [0.3, 0.4) is 0 Å². The van der Waals surface area contributed by atoms with Crippen LogP contribution in [0, 0.1) is 0 Å². The van der Waals surface area contributed by atoms with Crippen LogP contribution in [0.5, 0.6) is 0 Å². The SMILES string of the molecule is NC(=O)CC(NC(=O)C(CS)NC(=O)C(Cc1c[nH]c2ccccc12)NC(=O)C(N)CCCN=C(N)N)C(=O)O. The number of hydrogen-bond donors (Lipinski definition) is 10. The Labute approximate surface area is 235 Å². The highest BCUT2D eigenvalue weighted by atomic mass is 32.1. The Morgan fingerprint density at radius 1 is 0.950 bits per heavy atom. The van der Waals surface area contributed by atoms with E-state index in [0.29, 0.717) is 6.42 Å². The first-order chi connectivity index (χ1) is 18.9. The molecule has 40 heavy (non-hydrogen) atoms. The third-order valence-electron chi connectivity index (χ3n) is 5.87. The van der Waals surface area contributed by atoms with Crippen LogP contribution in [-0.4, -0.2) is 82.1 Å². The van der Waals surface area contributed by atoms with Crippen molar-refractivity contribution in [3.8, 4) is 0 Å². The Bertz CT molecular complexity index is 1250. The molecule has 0 saturated carbocycles. The third kappa shape index (κ3) is 9.77. The molecule has 4 unspecified atom stereocenters. The minimum absolute atomic E-state index is 0.0443. The van der Waals surface area contributed by atoms with Gasteiger partial charge in [-0.2, -0.15) is 12.6 Å². The maximum Gasteiger partial charge on any atom is 0.326 e. The second-order valence-electron chi connectivity index (χ2n) is 8.99. The molecule has 1 aromatic carbocycles. The first-order valence-electron chi connectivity index (χ1n) is 12.3. The number of amides is 4. The number of aliphatic carboxylic acids is 1. The van der Waals surface area contributed by atoms with Crippen LogP contribution in [0.25, 0.3) is 10.9 Å². The number of nitrogens with two attached hydrogens (primary N) is 4. The van der Waals surface area contributed by atoms with Gasteiger partial charge in [-0.25, -0.2) is 4.79 Å². The zero-order valence-corrected chi connectivity index (χ0v) is 22.5. The summed E-state index contributed by atoms with van der Waals surface area (Å²) in [6.45, 7) is 0.272. The van der Waals surface area contributed by atoms with Crippen LogP contribution in [0.1, 0.15) is 24.8 Å². The van der Waals surface area contributed by atoms with E-state index < -0.39 is 60.2 Å². The molecule has 16 heteroatoms. The predicted octanol–water partition coefficient (Wildman–Crippen LogP) is -2.56. The van der Waals surface area contributed by atoms with E-state index in [0.717, 1.165) is 16.5 Å². The maximum atomic E-state index is 13.3. The molecule has 0 fully saturated rings. The number of carbonyl (C=O) groups excluding carboxylic acids is 4. The lowest BCUT2D eigenvalue weighted by atomic mass is 10.0. The average Bonchev–Trinajstić information content (AvgIpc) is 3.30. The van der Waals surface area contributed by atoms with Crippen molar-refractivity contribution in [1.29, 1.82) is 0 Å². The van der Waals surface area contributed by atoms with Gasteiger partial charge in [0.25, 0.3) is 0 Å². The topological polar surface area (TPSA) is 274 Å². The number of benzene rings is 1. The number of guanidine groups is 1. The molecule has 218 valence electrons. The van der Waals surface area contributed by atoms with Crippen LogP contribution in [-0.2, 0) is 30.4 Å². The van der Waals surface area contributed by atoms with Gasteiger partial charge in [0.2, 0.25) is 23.6 Å². The minimum atomic E-state index is -1.59. The lowest BCUT2D eigenvalue weighted by molar-refractivity contribution is -0.143. The van der Waals surface area contributed by atoms with E-state index in [2.05, 4.69) is 38.6 Å². The largest absolute Gasteiger partial charge is 0.480 e. The molecule has 0 aliphatic carbocycles. The Kier molecular flexibility index (Phi) is 12.2. The first-order valence-corrected chi connectivity index (χ1v) is 12.9. The smallest absolute Gasteiger partial charge is 0.326 e. The summed E-state index contributed by atoms with van der Waals surface area (Å²) in [5.74, 6) is -4.94. The van der Waals surface area contributed by atoms with Gasteiger partial charge in [-0.05, 0) is 24.5 Å². The van der Waals surface area contributed by atoms with E-state index >= 15 is 0 Å². The fraction of sp³-hybridized carbons (Fsp3) is 0.417. The third-order valence-corrected chi connectivity index (χ3v) is 6.24. The number of thiol groups is 1. The van der Waals surface area contributed by atoms with Crippen molar-refractivity contribution in [3.63, 3.8) is 0 Å². The van der Waals surface area contributed by atoms with Gasteiger partial charge in [-0.1, -0.05) is 18.2 Å². The number of primary amides is 1. The number of aromatic amines is 1. The number of carboxylic acid groups (broad SMARTS) is 1. The summed E-state index contributed by atoms with van der Waals surface area (Å²) in [7, 11) is 0. The molecular formula is C24H35N9O6S. The molecule has 2 aromatic rings. The lowest BCUT2D eigenvalue weighted by Crippen LogP contribution is -2.58. The monoisotopic (exact) mass is 577 g/mol. The molecule has 1 heterocycles. The molecule has 4 atom stereocenters. The highest BCUT2D eigenvalue weighted by molar-refractivity contribution is 7.80. The molecule has 15 nitrogen and oxygen atoms in total. The number of nitrogens with zero attached hydrogens (tertiary/aromatic N) is 1. The minimum Gasteiger partial charge on any atom is -0.480 e. The Hall–Kier alpha value is -4.31. The highest BCUT2D eigenvalue weighted by Gasteiger charge is 2.31. The molecule has 0 aliphatic rings. The number of para-hydroxylation sites is 1. The van der Waals surface area contributed by atoms with Gasteiger partial charge in [-0.3, -0.25) is 24.2 Å². The first kappa shape index (κ1) is 31.9. The summed E-state index contributed by atoms with van der Waals surface area (Å²) < 4.78 is 0. The average molecular weight is 578 g/mol. The zero-order valence-electron chi connectivity index (χ0n) is 21.6. The number of rotatable bonds is 16. The van der Waals surface area contributed by atoms with Crippen LogP contribution in [0.2, 0.25) is 0 Å². The predicted molar refractivity (Wildman–Crippen MR) is 151 cm³/mol. The molecule has 1 aromatic heterocycles. The number of aromatic nitrogens is 1. The number of hydrogen-bond acceptors (Lipinski definition) is 8. The maximum absolute atomic E-state index is 13.3. The molecule has 0 bridgehead atoms. The summed E-state index contributed by atoms with van der Waals surface area (Å²) in [6, 6.07) is 2.35. The van der Waals surface area contributed by atoms with Gasteiger partial charge in [0.05, 0.1) is 12.5 Å². The van der Waals surface area contributed by atoms with E-state index in [1.54, 1.807) is 6.20 Å². The van der Waals surface area contributed by atoms with Gasteiger partial charge >= 0.3 is 5.97 Å². The molecular weight excluding hydrogens is 542 g/mol. The number of fused-ring (bicyclic) bond motifs is 1. The molecule has 0 aliphatic heterocycles. The lowest BCUT2D eigenvalue weighted by Gasteiger charge is -2.24. The van der Waals surface area contributed by atoms with E-state index in [9.17, 15) is 29.1 Å². The summed E-state index contributed by atoms with van der Waals surface area (Å²) in [5, 5.41) is 17.4. The second kappa shape index (κ2) is 15.3. The van der Waals surface area contributed by atoms with Crippen molar-refractivity contribution in [3.05, 3.63) is 36.0 Å². The van der Waals surface area contributed by atoms with Crippen molar-refractivity contribution in [2.45, 2.75) is 49.9 Å². The van der Waals surface area contributed by atoms with Crippen molar-refractivity contribution < 1.29 is 29.1 Å². The fourth-order valence-electron chi connectivity index (χ4n) is 3.80. The standard InChI is InChI=1S/C24H35N9O6S/c25-14(5-3-7-29-24(27)28)20(35)31-16(8-12-10-30-15-6-2-1-4-13(12)15)21(36)33-18(11-40)22(37)32-17(23(38)39)9-19(26)34/h1-2,4,6,10,14,16-18,30,40H,3,5,7-9,11,25H2,(H2,26,34)(H,31,35)(H,32,37)(H,33,36)(H,38,39)(H4,27,28,29). The van der Waals surface area contributed by atoms with Gasteiger partial charge in [0, 0.05) is 35.8 Å². The van der Waals surface area contributed by atoms with Crippen molar-refractivity contribution >= 4 is 59.1 Å². The Balaban J connectivity index is 2.20. The van der Waals surface area contributed by atoms with Crippen LogP contribution in [0.4, 0.5) is 0 Å². The van der Waals surface area contributed by atoms with Gasteiger partial charge in [-0.15, -0.1) is 0 Å². The normalized spacial score (nSPS) is 13.8.